The van der Waals surface area contributed by atoms with Crippen LogP contribution >= 0.6 is 0 Å². The van der Waals surface area contributed by atoms with E-state index < -0.39 is 50.1 Å². The van der Waals surface area contributed by atoms with Gasteiger partial charge in [-0.2, -0.15) is 0 Å². The minimum absolute atomic E-state index is 0. The molecule has 1 radical (unpaired) electrons. The van der Waals surface area contributed by atoms with Crippen molar-refractivity contribution in [3.63, 3.8) is 0 Å². The van der Waals surface area contributed by atoms with Gasteiger partial charge in [-0.1, -0.05) is 0 Å². The summed E-state index contributed by atoms with van der Waals surface area (Å²) >= 11 is 0. The van der Waals surface area contributed by atoms with Gasteiger partial charge in [0.2, 0.25) is 0 Å². The maximum absolute atomic E-state index is 10.6. The van der Waals surface area contributed by atoms with E-state index in [1.165, 1.54) is 0 Å². The Hall–Kier alpha value is -0.616. The van der Waals surface area contributed by atoms with E-state index in [0.29, 0.717) is 0 Å². The first-order valence-electron chi connectivity index (χ1n) is 5.52. The Balaban J connectivity index is 0. The summed E-state index contributed by atoms with van der Waals surface area (Å²) < 4.78 is 0. The molecule has 0 spiro atoms. The van der Waals surface area contributed by atoms with Gasteiger partial charge in [0.15, 0.2) is 0 Å². The van der Waals surface area contributed by atoms with Crippen LogP contribution in [0.25, 0.3) is 0 Å². The number of carbonyl (C=O) groups is 4. The summed E-state index contributed by atoms with van der Waals surface area (Å²) in [5.74, 6) is -4.91. The third kappa shape index (κ3) is 14.1. The van der Waals surface area contributed by atoms with E-state index in [0.717, 1.165) is 9.80 Å². The normalized spacial score (nSPS) is 10.2. The molecule has 0 amide bonds. The molecule has 0 saturated heterocycles. The van der Waals surface area contributed by atoms with Crippen molar-refractivity contribution in [1.29, 1.82) is 0 Å². The van der Waals surface area contributed by atoms with Crippen LogP contribution in [-0.4, -0.2) is 93.4 Å². The molecule has 0 saturated carbocycles. The first kappa shape index (κ1) is 22.7. The molecule has 0 bridgehead atoms. The smallest absolute Gasteiger partial charge is 0.317 e. The number of carboxylic acid groups (broad SMARTS) is 4. The summed E-state index contributed by atoms with van der Waals surface area (Å²) in [5.41, 5.74) is 0. The molecule has 0 rings (SSSR count). The molecule has 0 atom stereocenters. The molecule has 121 valence electrons. The molecular weight excluding hydrogens is 428 g/mol. The third-order valence-corrected chi connectivity index (χ3v) is 2.17. The maximum atomic E-state index is 10.6. The molecular formula is C10H16EuN2O8. The van der Waals surface area contributed by atoms with E-state index >= 15 is 0 Å². The molecule has 0 aliphatic rings. The summed E-state index contributed by atoms with van der Waals surface area (Å²) in [5, 5.41) is 34.5. The van der Waals surface area contributed by atoms with Crippen molar-refractivity contribution in [2.24, 2.45) is 0 Å². The molecule has 4 N–H and O–H groups in total. The zero-order valence-electron chi connectivity index (χ0n) is 10.9. The van der Waals surface area contributed by atoms with Gasteiger partial charge in [0.1, 0.15) is 0 Å². The SMILES string of the molecule is O=C(O)CN(CCN(CC(=O)O)CC(=O)O)CC(=O)O.[Eu]. The number of nitrogens with zero attached hydrogens (tertiary/aromatic N) is 2. The average Bonchev–Trinajstić information content (AvgIpc) is 2.22. The van der Waals surface area contributed by atoms with Crippen LogP contribution in [0.15, 0.2) is 0 Å². The molecule has 0 fully saturated rings. The molecule has 0 aromatic rings. The summed E-state index contributed by atoms with van der Waals surface area (Å²) in [7, 11) is 0. The van der Waals surface area contributed by atoms with Gasteiger partial charge in [0, 0.05) is 62.5 Å². The zero-order valence-corrected chi connectivity index (χ0v) is 13.4. The van der Waals surface area contributed by atoms with Gasteiger partial charge in [-0.15, -0.1) is 0 Å². The second-order valence-electron chi connectivity index (χ2n) is 4.00. The predicted molar refractivity (Wildman–Crippen MR) is 63.4 cm³/mol. The standard InChI is InChI=1S/C10H16N2O8.Eu/c13-7(14)3-11(4-8(15)16)1-2-12(5-9(17)18)6-10(19)20;/h1-6H2,(H,13,14)(H,15,16)(H,17,18)(H,19,20);. The van der Waals surface area contributed by atoms with Crippen LogP contribution in [-0.2, 0) is 19.2 Å². The van der Waals surface area contributed by atoms with E-state index in [1.54, 1.807) is 0 Å². The fraction of sp³-hybridized carbons (Fsp3) is 0.600. The number of aliphatic carboxylic acids is 4. The minimum atomic E-state index is -1.23. The predicted octanol–water partition coefficient (Wildman–Crippen LogP) is -2.07. The second-order valence-corrected chi connectivity index (χ2v) is 4.00. The summed E-state index contributed by atoms with van der Waals surface area (Å²) in [4.78, 5) is 44.4. The van der Waals surface area contributed by atoms with Gasteiger partial charge in [-0.05, 0) is 0 Å². The van der Waals surface area contributed by atoms with E-state index in [1.807, 2.05) is 0 Å². The van der Waals surface area contributed by atoms with Crippen LogP contribution in [0.1, 0.15) is 0 Å². The van der Waals surface area contributed by atoms with Crippen LogP contribution < -0.4 is 0 Å². The van der Waals surface area contributed by atoms with Crippen molar-refractivity contribution in [2.45, 2.75) is 0 Å². The second kappa shape index (κ2) is 12.0. The average molecular weight is 444 g/mol. The van der Waals surface area contributed by atoms with Gasteiger partial charge in [0.25, 0.3) is 0 Å². The zero-order chi connectivity index (χ0) is 15.7. The Morgan fingerprint density at radius 2 is 0.762 bits per heavy atom. The Kier molecular flexibility index (Phi) is 12.9. The Morgan fingerprint density at radius 1 is 0.571 bits per heavy atom. The van der Waals surface area contributed by atoms with E-state index in [2.05, 4.69) is 0 Å². The topological polar surface area (TPSA) is 156 Å². The molecule has 0 heterocycles. The largest absolute Gasteiger partial charge is 0.480 e. The number of hydrogen-bond donors (Lipinski definition) is 4. The third-order valence-electron chi connectivity index (χ3n) is 2.17. The van der Waals surface area contributed by atoms with Crippen LogP contribution in [0.2, 0.25) is 0 Å². The molecule has 0 aliphatic heterocycles. The first-order valence-corrected chi connectivity index (χ1v) is 5.52. The number of rotatable bonds is 11. The van der Waals surface area contributed by atoms with Crippen LogP contribution in [0.4, 0.5) is 0 Å². The van der Waals surface area contributed by atoms with E-state index in [-0.39, 0.29) is 62.5 Å². The van der Waals surface area contributed by atoms with Crippen molar-refractivity contribution < 1.29 is 89.0 Å². The van der Waals surface area contributed by atoms with Gasteiger partial charge < -0.3 is 20.4 Å². The minimum Gasteiger partial charge on any atom is -0.480 e. The molecule has 10 nitrogen and oxygen atoms in total. The van der Waals surface area contributed by atoms with Crippen molar-refractivity contribution in [2.75, 3.05) is 39.3 Å². The Labute approximate surface area is 160 Å². The first-order chi connectivity index (χ1) is 9.20. The van der Waals surface area contributed by atoms with E-state index in [4.69, 9.17) is 20.4 Å². The van der Waals surface area contributed by atoms with Gasteiger partial charge >= 0.3 is 23.9 Å². The van der Waals surface area contributed by atoms with Gasteiger partial charge in [-0.3, -0.25) is 29.0 Å². The molecule has 0 aromatic heterocycles. The van der Waals surface area contributed by atoms with Gasteiger partial charge in [-0.25, -0.2) is 0 Å². The summed E-state index contributed by atoms with van der Waals surface area (Å²) in [6.07, 6.45) is 0. The van der Waals surface area contributed by atoms with Crippen LogP contribution in [0.5, 0.6) is 0 Å². The molecule has 0 unspecified atom stereocenters. The monoisotopic (exact) mass is 445 g/mol. The van der Waals surface area contributed by atoms with Gasteiger partial charge in [0.05, 0.1) is 26.2 Å². The summed E-state index contributed by atoms with van der Waals surface area (Å²) in [6.45, 7) is -2.25. The number of hydrogen-bond acceptors (Lipinski definition) is 6. The van der Waals surface area contributed by atoms with Crippen LogP contribution in [0, 0.1) is 49.4 Å². The summed E-state index contributed by atoms with van der Waals surface area (Å²) in [6, 6.07) is 0. The fourth-order valence-corrected chi connectivity index (χ4v) is 1.48. The Bertz CT molecular complexity index is 321. The maximum Gasteiger partial charge on any atom is 0.317 e. The van der Waals surface area contributed by atoms with Crippen molar-refractivity contribution >= 4 is 23.9 Å². The Morgan fingerprint density at radius 3 is 0.905 bits per heavy atom. The fourth-order valence-electron chi connectivity index (χ4n) is 1.48. The van der Waals surface area contributed by atoms with Crippen molar-refractivity contribution in [3.05, 3.63) is 0 Å². The number of carboxylic acids is 4. The van der Waals surface area contributed by atoms with Crippen molar-refractivity contribution in [1.82, 2.24) is 9.80 Å². The molecule has 11 heteroatoms. The molecule has 0 aromatic carbocycles. The van der Waals surface area contributed by atoms with Crippen molar-refractivity contribution in [3.8, 4) is 0 Å². The van der Waals surface area contributed by atoms with Crippen LogP contribution in [0.3, 0.4) is 0 Å². The molecule has 0 aliphatic carbocycles. The molecule has 21 heavy (non-hydrogen) atoms. The quantitative estimate of drug-likeness (QED) is 0.279. The van der Waals surface area contributed by atoms with E-state index in [9.17, 15) is 19.2 Å².